The lowest BCUT2D eigenvalue weighted by Gasteiger charge is -2.22. The molecule has 128 valence electrons. The summed E-state index contributed by atoms with van der Waals surface area (Å²) in [6.07, 6.45) is 1.61. The predicted octanol–water partition coefficient (Wildman–Crippen LogP) is 2.19. The van der Waals surface area contributed by atoms with Crippen molar-refractivity contribution in [2.24, 2.45) is 0 Å². The maximum Gasteiger partial charge on any atom is 0.407 e. The van der Waals surface area contributed by atoms with E-state index in [4.69, 9.17) is 4.74 Å². The van der Waals surface area contributed by atoms with Gasteiger partial charge < -0.3 is 15.0 Å². The Hall–Kier alpha value is -1.76. The van der Waals surface area contributed by atoms with Gasteiger partial charge in [-0.05, 0) is 51.5 Å². The van der Waals surface area contributed by atoms with Crippen LogP contribution in [0.2, 0.25) is 0 Å². The summed E-state index contributed by atoms with van der Waals surface area (Å²) in [6.45, 7) is 6.97. The molecule has 23 heavy (non-hydrogen) atoms. The molecule has 1 aromatic rings. The average molecular weight is 340 g/mol. The zero-order valence-corrected chi connectivity index (χ0v) is 14.8. The number of sulfone groups is 1. The molecule has 1 amide bonds. The maximum atomic E-state index is 11.8. The zero-order valence-electron chi connectivity index (χ0n) is 14.0. The molecule has 1 atom stereocenters. The van der Waals surface area contributed by atoms with Gasteiger partial charge in [0.1, 0.15) is 5.60 Å². The molecule has 0 spiro atoms. The van der Waals surface area contributed by atoms with E-state index >= 15 is 0 Å². The van der Waals surface area contributed by atoms with Gasteiger partial charge in [-0.15, -0.1) is 0 Å². The smallest absolute Gasteiger partial charge is 0.407 e. The van der Waals surface area contributed by atoms with Crippen LogP contribution in [0.5, 0.6) is 0 Å². The van der Waals surface area contributed by atoms with Gasteiger partial charge >= 0.3 is 6.09 Å². The lowest BCUT2D eigenvalue weighted by molar-refractivity contribution is 0.0509. The fraction of sp³-hybridized carbons (Fsp3) is 0.562. The van der Waals surface area contributed by atoms with E-state index in [2.05, 4.69) is 10.2 Å². The Morgan fingerprint density at radius 1 is 1.26 bits per heavy atom. The number of hydrogen-bond donors (Lipinski definition) is 1. The first kappa shape index (κ1) is 17.6. The van der Waals surface area contributed by atoms with Crippen molar-refractivity contribution in [1.82, 2.24) is 5.32 Å². The molecule has 1 aliphatic rings. The molecule has 1 N–H and O–H groups in total. The summed E-state index contributed by atoms with van der Waals surface area (Å²) in [5.41, 5.74) is 0.440. The predicted molar refractivity (Wildman–Crippen MR) is 89.5 cm³/mol. The highest BCUT2D eigenvalue weighted by Crippen LogP contribution is 2.22. The van der Waals surface area contributed by atoms with Crippen LogP contribution in [0.1, 0.15) is 27.2 Å². The largest absolute Gasteiger partial charge is 0.444 e. The first-order valence-electron chi connectivity index (χ1n) is 7.59. The summed E-state index contributed by atoms with van der Waals surface area (Å²) in [7, 11) is -3.18. The third-order valence-electron chi connectivity index (χ3n) is 3.54. The summed E-state index contributed by atoms with van der Waals surface area (Å²) in [5, 5.41) is 2.87. The third kappa shape index (κ3) is 5.13. The molecule has 1 aliphatic heterocycles. The maximum absolute atomic E-state index is 11.8. The van der Waals surface area contributed by atoms with Crippen LogP contribution in [0, 0.1) is 0 Å². The monoisotopic (exact) mass is 340 g/mol. The van der Waals surface area contributed by atoms with E-state index in [0.29, 0.717) is 11.4 Å². The Labute approximate surface area is 137 Å². The Balaban J connectivity index is 1.94. The van der Waals surface area contributed by atoms with Crippen molar-refractivity contribution in [2.75, 3.05) is 24.2 Å². The van der Waals surface area contributed by atoms with Crippen LogP contribution in [0.3, 0.4) is 0 Å². The van der Waals surface area contributed by atoms with E-state index in [1.54, 1.807) is 24.3 Å². The number of carbonyl (C=O) groups is 1. The van der Waals surface area contributed by atoms with Gasteiger partial charge in [0.25, 0.3) is 0 Å². The second-order valence-electron chi connectivity index (χ2n) is 6.84. The second-order valence-corrected chi connectivity index (χ2v) is 8.86. The number of alkyl carbamates (subject to hydrolysis) is 1. The normalized spacial score (nSPS) is 18.8. The number of benzene rings is 1. The fourth-order valence-electron chi connectivity index (χ4n) is 2.49. The highest BCUT2D eigenvalue weighted by Gasteiger charge is 2.26. The van der Waals surface area contributed by atoms with E-state index in [1.807, 2.05) is 20.8 Å². The van der Waals surface area contributed by atoms with Crippen LogP contribution in [0.15, 0.2) is 29.2 Å². The van der Waals surface area contributed by atoms with Gasteiger partial charge in [0.05, 0.1) is 10.9 Å². The topological polar surface area (TPSA) is 75.7 Å². The van der Waals surface area contributed by atoms with Crippen molar-refractivity contribution in [3.63, 3.8) is 0 Å². The Bertz CT molecular complexity index is 662. The number of hydrogen-bond acceptors (Lipinski definition) is 5. The molecule has 1 aromatic carbocycles. The first-order valence-corrected chi connectivity index (χ1v) is 9.48. The van der Waals surface area contributed by atoms with E-state index in [1.165, 1.54) is 6.26 Å². The van der Waals surface area contributed by atoms with Crippen molar-refractivity contribution in [3.05, 3.63) is 24.3 Å². The number of carbonyl (C=O) groups excluding carboxylic acids is 1. The van der Waals surface area contributed by atoms with Crippen LogP contribution in [0.4, 0.5) is 10.5 Å². The van der Waals surface area contributed by atoms with E-state index in [-0.39, 0.29) is 6.04 Å². The van der Waals surface area contributed by atoms with Gasteiger partial charge in [-0.2, -0.15) is 0 Å². The van der Waals surface area contributed by atoms with Crippen LogP contribution in [-0.2, 0) is 14.6 Å². The number of ether oxygens (including phenoxy) is 1. The number of amides is 1. The minimum atomic E-state index is -3.18. The van der Waals surface area contributed by atoms with Gasteiger partial charge in [0.2, 0.25) is 0 Å². The van der Waals surface area contributed by atoms with Crippen LogP contribution in [-0.4, -0.2) is 45.5 Å². The first-order chi connectivity index (χ1) is 10.5. The Morgan fingerprint density at radius 2 is 1.87 bits per heavy atom. The molecule has 0 saturated carbocycles. The number of nitrogens with zero attached hydrogens (tertiary/aromatic N) is 1. The quantitative estimate of drug-likeness (QED) is 0.913. The van der Waals surface area contributed by atoms with Crippen LogP contribution in [0.25, 0.3) is 0 Å². The zero-order chi connectivity index (χ0) is 17.3. The van der Waals surface area contributed by atoms with Gasteiger partial charge in [0.15, 0.2) is 9.84 Å². The van der Waals surface area contributed by atoms with Gasteiger partial charge in [-0.25, -0.2) is 13.2 Å². The number of anilines is 1. The van der Waals surface area contributed by atoms with Gasteiger partial charge in [-0.1, -0.05) is 0 Å². The van der Waals surface area contributed by atoms with Crippen molar-refractivity contribution in [2.45, 2.75) is 43.7 Å². The molecule has 0 radical (unpaired) electrons. The summed E-state index contributed by atoms with van der Waals surface area (Å²) in [4.78, 5) is 14.2. The summed E-state index contributed by atoms with van der Waals surface area (Å²) < 4.78 is 28.2. The summed E-state index contributed by atoms with van der Waals surface area (Å²) >= 11 is 0. The lowest BCUT2D eigenvalue weighted by Crippen LogP contribution is -2.40. The fourth-order valence-corrected chi connectivity index (χ4v) is 3.12. The minimum absolute atomic E-state index is 0.0273. The van der Waals surface area contributed by atoms with Crippen LogP contribution < -0.4 is 10.2 Å². The van der Waals surface area contributed by atoms with E-state index in [9.17, 15) is 13.2 Å². The summed E-state index contributed by atoms with van der Waals surface area (Å²) in [5.74, 6) is 0. The van der Waals surface area contributed by atoms with Crippen LogP contribution >= 0.6 is 0 Å². The van der Waals surface area contributed by atoms with Crippen molar-refractivity contribution >= 4 is 21.6 Å². The molecule has 1 heterocycles. The molecule has 0 unspecified atom stereocenters. The Kier molecular flexibility index (Phi) is 4.89. The molecule has 6 nitrogen and oxygen atoms in total. The van der Waals surface area contributed by atoms with E-state index in [0.717, 1.165) is 18.7 Å². The molecule has 0 aromatic heterocycles. The van der Waals surface area contributed by atoms with Crippen molar-refractivity contribution in [3.8, 4) is 0 Å². The van der Waals surface area contributed by atoms with Gasteiger partial charge in [0, 0.05) is 25.0 Å². The molecular formula is C16H24N2O4S. The van der Waals surface area contributed by atoms with Crippen molar-refractivity contribution < 1.29 is 17.9 Å². The highest BCUT2D eigenvalue weighted by atomic mass is 32.2. The minimum Gasteiger partial charge on any atom is -0.444 e. The molecule has 2 rings (SSSR count). The molecule has 7 heteroatoms. The SMILES string of the molecule is CC(C)(C)OC(=O)N[C@H]1CCN(c2ccc(S(C)(=O)=O)cc2)C1. The van der Waals surface area contributed by atoms with Gasteiger partial charge in [-0.3, -0.25) is 0 Å². The molecule has 1 saturated heterocycles. The molecule has 0 bridgehead atoms. The standard InChI is InChI=1S/C16H24N2O4S/c1-16(2,3)22-15(19)17-12-9-10-18(11-12)13-5-7-14(8-6-13)23(4,20)21/h5-8,12H,9-11H2,1-4H3,(H,17,19)/t12-/m0/s1. The number of rotatable bonds is 3. The Morgan fingerprint density at radius 3 is 2.39 bits per heavy atom. The molecule has 0 aliphatic carbocycles. The molecule has 1 fully saturated rings. The average Bonchev–Trinajstić information content (AvgIpc) is 2.84. The van der Waals surface area contributed by atoms with Crippen molar-refractivity contribution in [1.29, 1.82) is 0 Å². The lowest BCUT2D eigenvalue weighted by atomic mass is 10.2. The summed E-state index contributed by atoms with van der Waals surface area (Å²) in [6, 6.07) is 6.84. The molecular weight excluding hydrogens is 316 g/mol. The third-order valence-corrected chi connectivity index (χ3v) is 4.67. The number of nitrogens with one attached hydrogen (secondary N) is 1. The second kappa shape index (κ2) is 6.39. The van der Waals surface area contributed by atoms with E-state index < -0.39 is 21.5 Å². The highest BCUT2D eigenvalue weighted by molar-refractivity contribution is 7.90.